The molecule has 0 radical (unpaired) electrons. The third-order valence-electron chi connectivity index (χ3n) is 3.19. The van der Waals surface area contributed by atoms with Crippen molar-refractivity contribution in [2.45, 2.75) is 52.2 Å². The minimum absolute atomic E-state index is 0. The largest absolute Gasteiger partial charge is 0.481 e. The fraction of sp³-hybridized carbons (Fsp3) is 0.533. The Morgan fingerprint density at radius 3 is 1.95 bits per heavy atom. The van der Waals surface area contributed by atoms with Crippen molar-refractivity contribution in [1.82, 2.24) is 5.32 Å². The summed E-state index contributed by atoms with van der Waals surface area (Å²) in [7, 11) is 0. The average Bonchev–Trinajstić information content (AvgIpc) is 2.26. The highest BCUT2D eigenvalue weighted by molar-refractivity contribution is 5.85. The Morgan fingerprint density at radius 2 is 1.60 bits per heavy atom. The number of halogens is 1. The summed E-state index contributed by atoms with van der Waals surface area (Å²) in [5.41, 5.74) is 7.09. The molecule has 0 fully saturated rings. The van der Waals surface area contributed by atoms with Crippen LogP contribution in [-0.4, -0.2) is 22.2 Å². The van der Waals surface area contributed by atoms with Gasteiger partial charge in [-0.3, -0.25) is 4.79 Å². The molecule has 0 heterocycles. The molecule has 0 aliphatic rings. The maximum absolute atomic E-state index is 9.00. The summed E-state index contributed by atoms with van der Waals surface area (Å²) < 4.78 is 0. The van der Waals surface area contributed by atoms with Gasteiger partial charge in [-0.05, 0) is 33.3 Å². The van der Waals surface area contributed by atoms with Crippen LogP contribution in [0.2, 0.25) is 0 Å². The molecule has 0 amide bonds. The summed E-state index contributed by atoms with van der Waals surface area (Å²) in [5.74, 6) is -0.833. The van der Waals surface area contributed by atoms with Crippen molar-refractivity contribution in [3.8, 4) is 0 Å². The van der Waals surface area contributed by atoms with Crippen LogP contribution in [0.3, 0.4) is 0 Å². The van der Waals surface area contributed by atoms with Crippen LogP contribution in [0.5, 0.6) is 0 Å². The molecule has 0 aliphatic carbocycles. The molecule has 4 N–H and O–H groups in total. The fourth-order valence-electron chi connectivity index (χ4n) is 1.15. The summed E-state index contributed by atoms with van der Waals surface area (Å²) >= 11 is 0. The zero-order chi connectivity index (χ0) is 15.1. The number of carbonyl (C=O) groups is 1. The topological polar surface area (TPSA) is 75.3 Å². The normalized spacial score (nSPS) is 10.9. The number of aliphatic carboxylic acids is 1. The third-order valence-corrected chi connectivity index (χ3v) is 3.19. The van der Waals surface area contributed by atoms with Gasteiger partial charge in [0.2, 0.25) is 0 Å². The minimum Gasteiger partial charge on any atom is -0.481 e. The first-order valence-corrected chi connectivity index (χ1v) is 6.33. The molecule has 1 rings (SSSR count). The van der Waals surface area contributed by atoms with Gasteiger partial charge in [0.15, 0.2) is 0 Å². The summed E-state index contributed by atoms with van der Waals surface area (Å²) in [4.78, 5) is 9.00. The van der Waals surface area contributed by atoms with Gasteiger partial charge in [-0.25, -0.2) is 0 Å². The van der Waals surface area contributed by atoms with Crippen molar-refractivity contribution in [3.63, 3.8) is 0 Å². The van der Waals surface area contributed by atoms with Crippen LogP contribution in [0.25, 0.3) is 0 Å². The van der Waals surface area contributed by atoms with Crippen LogP contribution < -0.4 is 11.1 Å². The Morgan fingerprint density at radius 1 is 1.20 bits per heavy atom. The number of hydrogen-bond acceptors (Lipinski definition) is 3. The Kier molecular flexibility index (Phi) is 9.49. The first kappa shape index (κ1) is 21.2. The minimum atomic E-state index is -0.833. The van der Waals surface area contributed by atoms with E-state index in [1.54, 1.807) is 0 Å². The lowest BCUT2D eigenvalue weighted by Gasteiger charge is -2.39. The predicted molar refractivity (Wildman–Crippen MR) is 86.2 cm³/mol. The maximum Gasteiger partial charge on any atom is 0.300 e. The Balaban J connectivity index is 0. The second-order valence-electron chi connectivity index (χ2n) is 5.70. The molecule has 0 atom stereocenters. The van der Waals surface area contributed by atoms with Gasteiger partial charge in [0.25, 0.3) is 5.97 Å². The average molecular weight is 303 g/mol. The molecule has 0 spiro atoms. The van der Waals surface area contributed by atoms with Crippen LogP contribution in [0.15, 0.2) is 30.3 Å². The Labute approximate surface area is 128 Å². The van der Waals surface area contributed by atoms with Crippen LogP contribution in [0.4, 0.5) is 0 Å². The van der Waals surface area contributed by atoms with Crippen LogP contribution in [-0.2, 0) is 11.3 Å². The first-order chi connectivity index (χ1) is 8.56. The van der Waals surface area contributed by atoms with Gasteiger partial charge >= 0.3 is 0 Å². The molecule has 0 aliphatic heterocycles. The molecule has 1 aromatic carbocycles. The van der Waals surface area contributed by atoms with E-state index in [9.17, 15) is 0 Å². The van der Waals surface area contributed by atoms with Gasteiger partial charge in [-0.2, -0.15) is 0 Å². The fourth-order valence-corrected chi connectivity index (χ4v) is 1.15. The van der Waals surface area contributed by atoms with E-state index in [0.717, 1.165) is 13.5 Å². The van der Waals surface area contributed by atoms with Crippen molar-refractivity contribution < 1.29 is 9.90 Å². The van der Waals surface area contributed by atoms with Gasteiger partial charge in [0.1, 0.15) is 0 Å². The van der Waals surface area contributed by atoms with Gasteiger partial charge in [-0.1, -0.05) is 30.3 Å². The molecule has 20 heavy (non-hydrogen) atoms. The van der Waals surface area contributed by atoms with Crippen LogP contribution in [0, 0.1) is 0 Å². The highest BCUT2D eigenvalue weighted by atomic mass is 35.5. The van der Waals surface area contributed by atoms with Gasteiger partial charge in [-0.15, -0.1) is 12.4 Å². The SMILES string of the molecule is CC(=O)O.CC(C)(N)C(C)(C)NCc1ccccc1.Cl. The van der Waals surface area contributed by atoms with Gasteiger partial charge in [0.05, 0.1) is 0 Å². The second-order valence-corrected chi connectivity index (χ2v) is 5.70. The molecule has 0 aromatic heterocycles. The third kappa shape index (κ3) is 8.91. The smallest absolute Gasteiger partial charge is 0.300 e. The highest BCUT2D eigenvalue weighted by Crippen LogP contribution is 2.18. The maximum atomic E-state index is 9.00. The predicted octanol–water partition coefficient (Wildman–Crippen LogP) is 2.80. The van der Waals surface area contributed by atoms with E-state index in [2.05, 4.69) is 43.4 Å². The second kappa shape index (κ2) is 8.95. The van der Waals surface area contributed by atoms with E-state index in [-0.39, 0.29) is 23.5 Å². The summed E-state index contributed by atoms with van der Waals surface area (Å²) in [6.45, 7) is 10.3. The molecule has 116 valence electrons. The van der Waals surface area contributed by atoms with Crippen molar-refractivity contribution >= 4 is 18.4 Å². The van der Waals surface area contributed by atoms with Crippen LogP contribution in [0.1, 0.15) is 40.2 Å². The van der Waals surface area contributed by atoms with E-state index in [1.807, 2.05) is 19.9 Å². The van der Waals surface area contributed by atoms with Gasteiger partial charge < -0.3 is 16.2 Å². The van der Waals surface area contributed by atoms with Crippen molar-refractivity contribution in [3.05, 3.63) is 35.9 Å². The van der Waals surface area contributed by atoms with Gasteiger partial charge in [0, 0.05) is 24.5 Å². The highest BCUT2D eigenvalue weighted by Gasteiger charge is 2.32. The lowest BCUT2D eigenvalue weighted by atomic mass is 9.83. The molecule has 1 aromatic rings. The standard InChI is InChI=1S/C13H22N2.C2H4O2.ClH/c1-12(2,14)13(3,4)15-10-11-8-6-5-7-9-11;1-2(3)4;/h5-9,15H,10,14H2,1-4H3;1H3,(H,3,4);1H. The van der Waals surface area contributed by atoms with Crippen molar-refractivity contribution in [2.75, 3.05) is 0 Å². The number of nitrogens with one attached hydrogen (secondary N) is 1. The first-order valence-electron chi connectivity index (χ1n) is 6.33. The number of benzene rings is 1. The molecular weight excluding hydrogens is 276 g/mol. The summed E-state index contributed by atoms with van der Waals surface area (Å²) in [5, 5.41) is 10.9. The molecule has 0 bridgehead atoms. The van der Waals surface area contributed by atoms with E-state index >= 15 is 0 Å². The number of carboxylic acid groups (broad SMARTS) is 1. The molecule has 0 saturated carbocycles. The van der Waals surface area contributed by atoms with E-state index in [1.165, 1.54) is 5.56 Å². The van der Waals surface area contributed by atoms with E-state index in [4.69, 9.17) is 15.6 Å². The molecule has 0 saturated heterocycles. The molecule has 0 unspecified atom stereocenters. The van der Waals surface area contributed by atoms with Crippen LogP contribution >= 0.6 is 12.4 Å². The number of carboxylic acids is 1. The summed E-state index contributed by atoms with van der Waals surface area (Å²) in [6, 6.07) is 10.4. The van der Waals surface area contributed by atoms with Crippen molar-refractivity contribution in [1.29, 1.82) is 0 Å². The lowest BCUT2D eigenvalue weighted by molar-refractivity contribution is -0.134. The van der Waals surface area contributed by atoms with E-state index in [0.29, 0.717) is 0 Å². The number of hydrogen-bond donors (Lipinski definition) is 3. The quantitative estimate of drug-likeness (QED) is 0.799. The number of nitrogens with two attached hydrogens (primary N) is 1. The van der Waals surface area contributed by atoms with Crippen molar-refractivity contribution in [2.24, 2.45) is 5.73 Å². The Bertz CT molecular complexity index is 383. The molecule has 5 heteroatoms. The zero-order valence-electron chi connectivity index (χ0n) is 12.9. The number of rotatable bonds is 4. The monoisotopic (exact) mass is 302 g/mol. The van der Waals surface area contributed by atoms with E-state index < -0.39 is 5.97 Å². The molecular formula is C15H27ClN2O2. The summed E-state index contributed by atoms with van der Waals surface area (Å²) in [6.07, 6.45) is 0. The lowest BCUT2D eigenvalue weighted by Crippen LogP contribution is -2.60. The Hall–Kier alpha value is -1.10. The zero-order valence-corrected chi connectivity index (χ0v) is 13.8. The molecule has 4 nitrogen and oxygen atoms in total.